The molecular weight excluding hydrogens is 915 g/mol. The number of carbonyl (C=O) groups excluding carboxylic acids is 5. The molecule has 6 amide bonds. The number of alkyl carbamates (subject to hydrolysis) is 1. The number of thioether (sulfide) groups is 1. The third-order valence-corrected chi connectivity index (χ3v) is 13.4. The molecule has 69 heavy (non-hydrogen) atoms. The van der Waals surface area contributed by atoms with Gasteiger partial charge in [-0.25, -0.2) is 14.4 Å². The van der Waals surface area contributed by atoms with Crippen LogP contribution in [0.15, 0.2) is 82.0 Å². The molecule has 20 nitrogen and oxygen atoms in total. The lowest BCUT2D eigenvalue weighted by Crippen LogP contribution is -2.36. The number of fused-ring (bicyclic) bond motifs is 3. The van der Waals surface area contributed by atoms with Gasteiger partial charge in [-0.1, -0.05) is 25.0 Å². The zero-order valence-corrected chi connectivity index (χ0v) is 38.3. The molecule has 0 spiro atoms. The Labute approximate surface area is 398 Å². The average Bonchev–Trinajstić information content (AvgIpc) is 3.87. The van der Waals surface area contributed by atoms with Gasteiger partial charge in [-0.3, -0.25) is 29.3 Å². The van der Waals surface area contributed by atoms with Gasteiger partial charge in [0.15, 0.2) is 5.43 Å². The van der Waals surface area contributed by atoms with Crippen molar-refractivity contribution in [1.82, 2.24) is 26.6 Å². The zero-order chi connectivity index (χ0) is 49.2. The SMILES string of the molecule is CC(OC(=O)NCC(=O)Nc1ccc(-c2c3ccc(=O)cc-3oc3cc(O)ccc23)c(C(=O)O)c1)c1ccc(CNC(=O)CCCCCNC(=O)CCCC[C@H]2SCC3NC(=O)N[C@H]32)cc1[N+](=O)[O-]. The molecule has 4 aliphatic rings. The number of phenols is 1. The average molecular weight is 966 g/mol. The minimum Gasteiger partial charge on any atom is -0.508 e. The first-order valence-electron chi connectivity index (χ1n) is 22.4. The number of nitro benzene ring substituents is 1. The number of amides is 6. The fourth-order valence-corrected chi connectivity index (χ4v) is 10.0. The molecule has 0 bridgehead atoms. The maximum absolute atomic E-state index is 12.9. The van der Waals surface area contributed by atoms with Gasteiger partial charge in [0.2, 0.25) is 17.7 Å². The Balaban J connectivity index is 0.822. The molecule has 3 aliphatic heterocycles. The second kappa shape index (κ2) is 22.4. The van der Waals surface area contributed by atoms with E-state index in [1.807, 2.05) is 11.8 Å². The molecular formula is C48H51N7O13S. The summed E-state index contributed by atoms with van der Waals surface area (Å²) in [5, 5.41) is 49.6. The first kappa shape index (κ1) is 49.2. The Morgan fingerprint density at radius 3 is 2.42 bits per heavy atom. The topological polar surface area (TPSA) is 298 Å². The third kappa shape index (κ3) is 12.7. The molecule has 7 rings (SSSR count). The Morgan fingerprint density at radius 2 is 1.64 bits per heavy atom. The summed E-state index contributed by atoms with van der Waals surface area (Å²) in [4.78, 5) is 98.1. The smallest absolute Gasteiger partial charge is 0.408 e. The van der Waals surface area contributed by atoms with Crippen LogP contribution in [0.5, 0.6) is 5.75 Å². The molecule has 0 aromatic heterocycles. The molecule has 8 N–H and O–H groups in total. The van der Waals surface area contributed by atoms with E-state index in [1.165, 1.54) is 67.6 Å². The summed E-state index contributed by atoms with van der Waals surface area (Å²) in [6.07, 6.45) is 3.13. The van der Waals surface area contributed by atoms with Gasteiger partial charge in [-0.05, 0) is 86.2 Å². The summed E-state index contributed by atoms with van der Waals surface area (Å²) in [6.45, 7) is 1.35. The van der Waals surface area contributed by atoms with E-state index in [2.05, 4.69) is 31.9 Å². The van der Waals surface area contributed by atoms with E-state index >= 15 is 0 Å². The highest BCUT2D eigenvalue weighted by Crippen LogP contribution is 2.42. The van der Waals surface area contributed by atoms with Crippen LogP contribution in [0.25, 0.3) is 33.4 Å². The van der Waals surface area contributed by atoms with Crippen molar-refractivity contribution >= 4 is 69.9 Å². The number of hydrogen-bond donors (Lipinski definition) is 8. The fraction of sp³-hybridized carbons (Fsp3) is 0.354. The molecule has 2 fully saturated rings. The Morgan fingerprint density at radius 1 is 0.870 bits per heavy atom. The number of benzene rings is 4. The third-order valence-electron chi connectivity index (χ3n) is 11.9. The summed E-state index contributed by atoms with van der Waals surface area (Å²) in [7, 11) is 0. The van der Waals surface area contributed by atoms with Crippen LogP contribution in [0.3, 0.4) is 0 Å². The van der Waals surface area contributed by atoms with Crippen molar-refractivity contribution in [3.63, 3.8) is 0 Å². The van der Waals surface area contributed by atoms with Crippen molar-refractivity contribution in [2.45, 2.75) is 88.3 Å². The lowest BCUT2D eigenvalue weighted by molar-refractivity contribution is -0.386. The Bertz CT molecular complexity index is 2820. The predicted octanol–water partition coefficient (Wildman–Crippen LogP) is 6.32. The molecule has 0 radical (unpaired) electrons. The van der Waals surface area contributed by atoms with Crippen molar-refractivity contribution < 1.29 is 53.1 Å². The number of rotatable bonds is 21. The Hall–Kier alpha value is -7.68. The van der Waals surface area contributed by atoms with Crippen molar-refractivity contribution in [3.8, 4) is 28.2 Å². The second-order valence-electron chi connectivity index (χ2n) is 16.8. The fourth-order valence-electron chi connectivity index (χ4n) is 8.46. The van der Waals surface area contributed by atoms with Crippen molar-refractivity contribution in [2.24, 2.45) is 0 Å². The molecule has 2 saturated heterocycles. The summed E-state index contributed by atoms with van der Waals surface area (Å²) in [5.74, 6) is -1.36. The zero-order valence-electron chi connectivity index (χ0n) is 37.5. The number of nitrogens with zero attached hydrogens (tertiary/aromatic N) is 1. The lowest BCUT2D eigenvalue weighted by atomic mass is 9.90. The van der Waals surface area contributed by atoms with Gasteiger partial charge in [0.05, 0.1) is 28.1 Å². The van der Waals surface area contributed by atoms with Crippen LogP contribution >= 0.6 is 11.8 Å². The van der Waals surface area contributed by atoms with Crippen molar-refractivity contribution in [1.29, 1.82) is 0 Å². The van der Waals surface area contributed by atoms with Gasteiger partial charge in [0.25, 0.3) is 5.69 Å². The van der Waals surface area contributed by atoms with E-state index in [0.717, 1.165) is 31.4 Å². The van der Waals surface area contributed by atoms with Crippen molar-refractivity contribution in [2.75, 3.05) is 24.2 Å². The number of carboxylic acid groups (broad SMARTS) is 1. The second-order valence-corrected chi connectivity index (χ2v) is 18.1. The number of nitro groups is 1. The molecule has 3 heterocycles. The number of aromatic carboxylic acids is 1. The minimum atomic E-state index is -1.33. The van der Waals surface area contributed by atoms with Gasteiger partial charge in [-0.15, -0.1) is 0 Å². The standard InChI is InChI=1S/C48H51N7O13S/c1-26(31-14-10-27(19-37(31)55(65)66)23-50-42(59)8-3-2-6-18-49-41(58)9-5-4-7-40-45-36(25-69-40)53-47(63)54-45)67-48(64)51-24-43(60)52-28-11-15-32(35(20-28)46(61)62)44-33-16-12-29(56)21-38(33)68-39-22-30(57)13-17-34(39)44/h10-17,19-22,26,36,40,45,56H,2-9,18,23-25H2,1H3,(H,49,58)(H,50,59)(H,51,64)(H,52,60)(H,61,62)(H2,53,54,63)/t26?,36?,40-,45-/m1/s1. The molecule has 4 atom stereocenters. The minimum absolute atomic E-state index is 0.0108. The summed E-state index contributed by atoms with van der Waals surface area (Å²) in [6, 6.07) is 17.0. The molecule has 1 aliphatic carbocycles. The maximum atomic E-state index is 12.9. The van der Waals surface area contributed by atoms with Crippen LogP contribution in [-0.2, 0) is 25.7 Å². The number of carboxylic acids is 1. The van der Waals surface area contributed by atoms with E-state index in [0.29, 0.717) is 53.1 Å². The van der Waals surface area contributed by atoms with Crippen LogP contribution in [0, 0.1) is 10.1 Å². The summed E-state index contributed by atoms with van der Waals surface area (Å²) < 4.78 is 11.2. The van der Waals surface area contributed by atoms with Crippen LogP contribution in [0.1, 0.15) is 85.9 Å². The molecule has 3 aromatic rings. The summed E-state index contributed by atoms with van der Waals surface area (Å²) in [5.41, 5.74) is 0.986. The van der Waals surface area contributed by atoms with Gasteiger partial charge in [0.1, 0.15) is 29.7 Å². The number of urea groups is 1. The number of unbranched alkanes of at least 4 members (excludes halogenated alkanes) is 3. The first-order chi connectivity index (χ1) is 33.1. The number of ether oxygens (including phenoxy) is 1. The molecule has 21 heteroatoms. The van der Waals surface area contributed by atoms with Gasteiger partial charge < -0.3 is 51.3 Å². The number of nitrogens with one attached hydrogen (secondary N) is 6. The Kier molecular flexibility index (Phi) is 16.0. The van der Waals surface area contributed by atoms with E-state index in [1.54, 1.807) is 12.1 Å². The highest BCUT2D eigenvalue weighted by molar-refractivity contribution is 8.00. The number of phenolic OH excluding ortho intramolecular Hbond substituents is 1. The van der Waals surface area contributed by atoms with Crippen LogP contribution in [-0.4, -0.2) is 87.1 Å². The number of carbonyl (C=O) groups is 6. The van der Waals surface area contributed by atoms with Gasteiger partial charge >= 0.3 is 18.1 Å². The largest absolute Gasteiger partial charge is 0.508 e. The lowest BCUT2D eigenvalue weighted by Gasteiger charge is -2.17. The quantitative estimate of drug-likeness (QED) is 0.0131. The highest BCUT2D eigenvalue weighted by Gasteiger charge is 2.42. The molecule has 2 unspecified atom stereocenters. The van der Waals surface area contributed by atoms with E-state index < -0.39 is 35.5 Å². The first-order valence-corrected chi connectivity index (χ1v) is 23.5. The highest BCUT2D eigenvalue weighted by atomic mass is 32.2. The van der Waals surface area contributed by atoms with Crippen molar-refractivity contribution in [3.05, 3.63) is 110 Å². The number of aromatic hydroxyl groups is 1. The normalized spacial score (nSPS) is 16.5. The van der Waals surface area contributed by atoms with Crippen LogP contribution < -0.4 is 37.3 Å². The number of hydrogen-bond acceptors (Lipinski definition) is 13. The van der Waals surface area contributed by atoms with E-state index in [9.17, 15) is 53.9 Å². The van der Waals surface area contributed by atoms with Crippen LogP contribution in [0.4, 0.5) is 21.0 Å². The van der Waals surface area contributed by atoms with E-state index in [-0.39, 0.29) is 93.5 Å². The summed E-state index contributed by atoms with van der Waals surface area (Å²) >= 11 is 1.86. The van der Waals surface area contributed by atoms with Gasteiger partial charge in [-0.2, -0.15) is 11.8 Å². The molecule has 0 saturated carbocycles. The predicted molar refractivity (Wildman–Crippen MR) is 255 cm³/mol. The maximum Gasteiger partial charge on any atom is 0.408 e. The van der Waals surface area contributed by atoms with E-state index in [4.69, 9.17) is 9.15 Å². The number of anilines is 1. The molecule has 362 valence electrons. The van der Waals surface area contributed by atoms with Gasteiger partial charge in [0, 0.05) is 77.3 Å². The monoisotopic (exact) mass is 965 g/mol. The van der Waals surface area contributed by atoms with Crippen LogP contribution in [0.2, 0.25) is 0 Å². The molecule has 3 aromatic carbocycles.